The van der Waals surface area contributed by atoms with E-state index in [9.17, 15) is 0 Å². The Morgan fingerprint density at radius 3 is 3.06 bits per heavy atom. The van der Waals surface area contributed by atoms with Gasteiger partial charge in [0, 0.05) is 29.3 Å². The van der Waals surface area contributed by atoms with Crippen molar-refractivity contribution in [2.45, 2.75) is 31.8 Å². The first kappa shape index (κ1) is 20.8. The molecule has 0 spiro atoms. The largest absolute Gasteiger partial charge is 0.486 e. The molecule has 2 atom stereocenters. The third kappa shape index (κ3) is 4.05. The zero-order valence-electron chi connectivity index (χ0n) is 18.9. The Morgan fingerprint density at radius 2 is 2.21 bits per heavy atom. The molecule has 9 heteroatoms. The molecule has 3 aromatic heterocycles. The molecule has 1 saturated heterocycles. The number of benzene rings is 1. The lowest BCUT2D eigenvalue weighted by Gasteiger charge is -2.25. The molecule has 4 aromatic rings. The Hall–Kier alpha value is -2.75. The van der Waals surface area contributed by atoms with Gasteiger partial charge < -0.3 is 19.7 Å². The van der Waals surface area contributed by atoms with Crippen LogP contribution in [0.15, 0.2) is 24.7 Å². The highest BCUT2D eigenvalue weighted by Gasteiger charge is 2.26. The Kier molecular flexibility index (Phi) is 5.40. The Labute approximate surface area is 196 Å². The highest BCUT2D eigenvalue weighted by atomic mass is 32.1. The predicted molar refractivity (Wildman–Crippen MR) is 131 cm³/mol. The Bertz CT molecular complexity index is 1290. The smallest absolute Gasteiger partial charge is 0.145 e. The van der Waals surface area contributed by atoms with E-state index in [1.165, 1.54) is 16.9 Å². The number of aromatic nitrogens is 4. The number of fused-ring (bicyclic) bond motifs is 4. The lowest BCUT2D eigenvalue weighted by atomic mass is 9.87. The van der Waals surface area contributed by atoms with Crippen LogP contribution in [0.2, 0.25) is 0 Å². The van der Waals surface area contributed by atoms with Crippen molar-refractivity contribution < 1.29 is 9.47 Å². The third-order valence-corrected chi connectivity index (χ3v) is 7.71. The van der Waals surface area contributed by atoms with Crippen molar-refractivity contribution in [3.63, 3.8) is 0 Å². The van der Waals surface area contributed by atoms with Gasteiger partial charge in [-0.3, -0.25) is 5.10 Å². The van der Waals surface area contributed by atoms with Crippen LogP contribution in [0.4, 0.5) is 11.5 Å². The van der Waals surface area contributed by atoms with Gasteiger partial charge in [0.25, 0.3) is 0 Å². The molecule has 8 nitrogen and oxygen atoms in total. The van der Waals surface area contributed by atoms with Crippen LogP contribution < -0.4 is 10.1 Å². The molecular weight excluding hydrogens is 436 g/mol. The standard InChI is InChI=1S/C24H28N6O2S/c1-30(2)11-14-3-4-17-21(7-14)33-24-22(17)23(25-13-26-24)28-19-8-15-10-27-29-18(15)9-20(19)32-16-5-6-31-12-16/h8-10,13-14,16H,3-7,11-12H2,1-2H3,(H,27,29)(H,25,26,28)/t14?,16-/m0/s1. The maximum absolute atomic E-state index is 6.33. The van der Waals surface area contributed by atoms with Crippen molar-refractivity contribution in [3.05, 3.63) is 35.1 Å². The average Bonchev–Trinajstić information content (AvgIpc) is 3.53. The number of hydrogen-bond donors (Lipinski definition) is 2. The van der Waals surface area contributed by atoms with E-state index in [0.29, 0.717) is 12.5 Å². The van der Waals surface area contributed by atoms with Crippen molar-refractivity contribution in [2.24, 2.45) is 5.92 Å². The molecule has 2 N–H and O–H groups in total. The SMILES string of the molecule is CN(C)CC1CCc2c(sc3ncnc(Nc4cc5cn[nH]c5cc4O[C@H]4CCOC4)c23)C1. The van der Waals surface area contributed by atoms with Gasteiger partial charge in [0.05, 0.1) is 36.0 Å². The van der Waals surface area contributed by atoms with Gasteiger partial charge in [-0.2, -0.15) is 5.10 Å². The van der Waals surface area contributed by atoms with Crippen LogP contribution in [0, 0.1) is 5.92 Å². The van der Waals surface area contributed by atoms with Crippen LogP contribution in [-0.2, 0) is 17.6 Å². The second-order valence-electron chi connectivity index (χ2n) is 9.31. The van der Waals surface area contributed by atoms with Crippen molar-refractivity contribution >= 4 is 44.0 Å². The topological polar surface area (TPSA) is 88.2 Å². The summed E-state index contributed by atoms with van der Waals surface area (Å²) >= 11 is 1.82. The molecule has 0 radical (unpaired) electrons. The summed E-state index contributed by atoms with van der Waals surface area (Å²) in [6.07, 6.45) is 7.82. The second-order valence-corrected chi connectivity index (χ2v) is 10.4. The maximum atomic E-state index is 6.33. The zero-order valence-corrected chi connectivity index (χ0v) is 19.7. The fraction of sp³-hybridized carbons (Fsp3) is 0.458. The van der Waals surface area contributed by atoms with Gasteiger partial charge in [0.2, 0.25) is 0 Å². The number of aryl methyl sites for hydroxylation is 1. The number of anilines is 2. The molecule has 1 unspecified atom stereocenters. The molecule has 1 aliphatic carbocycles. The predicted octanol–water partition coefficient (Wildman–Crippen LogP) is 4.15. The van der Waals surface area contributed by atoms with Gasteiger partial charge in [0.1, 0.15) is 28.8 Å². The second kappa shape index (κ2) is 8.55. The summed E-state index contributed by atoms with van der Waals surface area (Å²) < 4.78 is 11.8. The summed E-state index contributed by atoms with van der Waals surface area (Å²) in [4.78, 5) is 14.1. The molecule has 4 heterocycles. The molecule has 1 aliphatic heterocycles. The maximum Gasteiger partial charge on any atom is 0.145 e. The summed E-state index contributed by atoms with van der Waals surface area (Å²) in [6, 6.07) is 4.08. The number of rotatable bonds is 6. The lowest BCUT2D eigenvalue weighted by Crippen LogP contribution is -2.25. The quantitative estimate of drug-likeness (QED) is 0.443. The first-order chi connectivity index (χ1) is 16.1. The lowest BCUT2D eigenvalue weighted by molar-refractivity contribution is 0.142. The van der Waals surface area contributed by atoms with Crippen LogP contribution in [0.3, 0.4) is 0 Å². The van der Waals surface area contributed by atoms with Crippen LogP contribution in [0.1, 0.15) is 23.3 Å². The van der Waals surface area contributed by atoms with Crippen molar-refractivity contribution in [1.29, 1.82) is 0 Å². The van der Waals surface area contributed by atoms with Crippen molar-refractivity contribution in [1.82, 2.24) is 25.1 Å². The number of H-pyrrole nitrogens is 1. The molecule has 0 amide bonds. The minimum Gasteiger partial charge on any atom is -0.486 e. The molecule has 172 valence electrons. The molecule has 0 saturated carbocycles. The first-order valence-corrected chi connectivity index (χ1v) is 12.3. The molecule has 1 aromatic carbocycles. The number of thiophene rings is 1. The van der Waals surface area contributed by atoms with E-state index in [1.807, 2.05) is 23.6 Å². The van der Waals surface area contributed by atoms with Gasteiger partial charge >= 0.3 is 0 Å². The van der Waals surface area contributed by atoms with E-state index < -0.39 is 0 Å². The molecule has 0 bridgehead atoms. The first-order valence-electron chi connectivity index (χ1n) is 11.5. The van der Waals surface area contributed by atoms with E-state index >= 15 is 0 Å². The normalized spacial score (nSPS) is 20.6. The number of nitrogens with one attached hydrogen (secondary N) is 2. The van der Waals surface area contributed by atoms with Gasteiger partial charge in [-0.1, -0.05) is 0 Å². The fourth-order valence-electron chi connectivity index (χ4n) is 5.03. The van der Waals surface area contributed by atoms with Crippen LogP contribution in [0.5, 0.6) is 5.75 Å². The van der Waals surface area contributed by atoms with Crippen molar-refractivity contribution in [2.75, 3.05) is 39.2 Å². The zero-order chi connectivity index (χ0) is 22.4. The molecular formula is C24H28N6O2S. The monoisotopic (exact) mass is 464 g/mol. The highest BCUT2D eigenvalue weighted by molar-refractivity contribution is 7.19. The Morgan fingerprint density at radius 1 is 1.27 bits per heavy atom. The summed E-state index contributed by atoms with van der Waals surface area (Å²) in [6.45, 7) is 2.48. The van der Waals surface area contributed by atoms with Crippen LogP contribution >= 0.6 is 11.3 Å². The minimum absolute atomic E-state index is 0.0545. The van der Waals surface area contributed by atoms with E-state index in [4.69, 9.17) is 9.47 Å². The van der Waals surface area contributed by atoms with Gasteiger partial charge in [0.15, 0.2) is 0 Å². The van der Waals surface area contributed by atoms with Gasteiger partial charge in [-0.05, 0) is 50.9 Å². The summed E-state index contributed by atoms with van der Waals surface area (Å²) in [5, 5.41) is 13.0. The van der Waals surface area contributed by atoms with Gasteiger partial charge in [-0.15, -0.1) is 11.3 Å². The van der Waals surface area contributed by atoms with E-state index in [-0.39, 0.29) is 6.10 Å². The highest BCUT2D eigenvalue weighted by Crippen LogP contribution is 2.42. The minimum atomic E-state index is 0.0545. The molecule has 6 rings (SSSR count). The number of aromatic amines is 1. The summed E-state index contributed by atoms with van der Waals surface area (Å²) in [7, 11) is 4.31. The van der Waals surface area contributed by atoms with E-state index in [1.54, 1.807) is 6.33 Å². The summed E-state index contributed by atoms with van der Waals surface area (Å²) in [5.41, 5.74) is 3.24. The fourth-order valence-corrected chi connectivity index (χ4v) is 6.33. The van der Waals surface area contributed by atoms with Gasteiger partial charge in [-0.25, -0.2) is 9.97 Å². The average molecular weight is 465 g/mol. The number of ether oxygens (including phenoxy) is 2. The van der Waals surface area contributed by atoms with Crippen LogP contribution in [0.25, 0.3) is 21.1 Å². The van der Waals surface area contributed by atoms with Crippen LogP contribution in [-0.4, -0.2) is 65.0 Å². The number of nitrogens with zero attached hydrogens (tertiary/aromatic N) is 4. The Balaban J connectivity index is 1.37. The number of hydrogen-bond acceptors (Lipinski definition) is 8. The molecule has 1 fully saturated rings. The third-order valence-electron chi connectivity index (χ3n) is 6.55. The molecule has 2 aliphatic rings. The van der Waals surface area contributed by atoms with E-state index in [0.717, 1.165) is 70.8 Å². The van der Waals surface area contributed by atoms with E-state index in [2.05, 4.69) is 50.5 Å². The molecule has 33 heavy (non-hydrogen) atoms. The summed E-state index contributed by atoms with van der Waals surface area (Å²) in [5.74, 6) is 2.32. The van der Waals surface area contributed by atoms with Crippen molar-refractivity contribution in [3.8, 4) is 5.75 Å².